The van der Waals surface area contributed by atoms with Crippen LogP contribution in [0.4, 0.5) is 18.0 Å². The predicted octanol–water partition coefficient (Wildman–Crippen LogP) is 2.62. The van der Waals surface area contributed by atoms with Crippen molar-refractivity contribution >= 4 is 6.09 Å². The highest BCUT2D eigenvalue weighted by Crippen LogP contribution is 2.32. The van der Waals surface area contributed by atoms with Gasteiger partial charge in [-0.2, -0.15) is 13.2 Å². The zero-order chi connectivity index (χ0) is 15.2. The summed E-state index contributed by atoms with van der Waals surface area (Å²) in [6.45, 7) is -0.0261. The molecule has 1 atom stereocenters. The van der Waals surface area contributed by atoms with Crippen molar-refractivity contribution in [1.29, 1.82) is 0 Å². The van der Waals surface area contributed by atoms with Crippen molar-refractivity contribution in [2.45, 2.75) is 31.7 Å². The number of alkyl carbamates (subject to hydrolysis) is 1. The van der Waals surface area contributed by atoms with Gasteiger partial charge in [0.15, 0.2) is 0 Å². The van der Waals surface area contributed by atoms with Crippen molar-refractivity contribution < 1.29 is 27.8 Å². The van der Waals surface area contributed by atoms with Crippen molar-refractivity contribution in [3.05, 3.63) is 35.9 Å². The average molecular weight is 291 g/mol. The van der Waals surface area contributed by atoms with E-state index in [0.717, 1.165) is 6.92 Å². The predicted molar refractivity (Wildman–Crippen MR) is 65.9 cm³/mol. The number of alkyl halides is 3. The Labute approximate surface area is 114 Å². The number of benzene rings is 1. The lowest BCUT2D eigenvalue weighted by atomic mass is 9.98. The molecule has 0 spiro atoms. The Kier molecular flexibility index (Phi) is 5.38. The summed E-state index contributed by atoms with van der Waals surface area (Å²) in [4.78, 5) is 11.4. The second kappa shape index (κ2) is 6.60. The van der Waals surface area contributed by atoms with Gasteiger partial charge in [0, 0.05) is 13.0 Å². The van der Waals surface area contributed by atoms with E-state index < -0.39 is 30.8 Å². The molecular formula is C13H16F3NO3. The van der Waals surface area contributed by atoms with Crippen LogP contribution in [0.3, 0.4) is 0 Å². The molecule has 7 heteroatoms. The molecule has 1 aromatic rings. The molecule has 1 rings (SSSR count). The summed E-state index contributed by atoms with van der Waals surface area (Å²) < 4.78 is 43.2. The van der Waals surface area contributed by atoms with Crippen LogP contribution in [0.2, 0.25) is 0 Å². The highest BCUT2D eigenvalue weighted by atomic mass is 19.4. The van der Waals surface area contributed by atoms with E-state index in [4.69, 9.17) is 9.84 Å². The largest absolute Gasteiger partial charge is 0.445 e. The Morgan fingerprint density at radius 2 is 1.90 bits per heavy atom. The van der Waals surface area contributed by atoms with Gasteiger partial charge in [0.2, 0.25) is 0 Å². The molecule has 112 valence electrons. The van der Waals surface area contributed by atoms with Gasteiger partial charge < -0.3 is 15.2 Å². The second-order valence-corrected chi connectivity index (χ2v) is 4.49. The van der Waals surface area contributed by atoms with Crippen LogP contribution in [0.5, 0.6) is 0 Å². The normalized spacial score (nSPS) is 14.4. The van der Waals surface area contributed by atoms with E-state index in [1.807, 2.05) is 0 Å². The van der Waals surface area contributed by atoms with E-state index >= 15 is 0 Å². The minimum Gasteiger partial charge on any atom is -0.445 e. The molecule has 4 nitrogen and oxygen atoms in total. The second-order valence-electron chi connectivity index (χ2n) is 4.49. The summed E-state index contributed by atoms with van der Waals surface area (Å²) in [5, 5.41) is 10.5. The molecule has 1 aromatic carbocycles. The monoisotopic (exact) mass is 291 g/mol. The zero-order valence-corrected chi connectivity index (χ0v) is 10.9. The van der Waals surface area contributed by atoms with Crippen LogP contribution in [-0.4, -0.2) is 29.5 Å². The molecule has 0 aliphatic rings. The van der Waals surface area contributed by atoms with Gasteiger partial charge in [-0.3, -0.25) is 0 Å². The lowest BCUT2D eigenvalue weighted by Gasteiger charge is -2.31. The fourth-order valence-electron chi connectivity index (χ4n) is 1.48. The first kappa shape index (κ1) is 16.3. The third kappa shape index (κ3) is 4.41. The SMILES string of the molecule is CC(CCO)(NC(=O)OCc1ccccc1)C(F)(F)F. The van der Waals surface area contributed by atoms with Crippen molar-refractivity contribution in [3.63, 3.8) is 0 Å². The minimum atomic E-state index is -4.68. The topological polar surface area (TPSA) is 58.6 Å². The minimum absolute atomic E-state index is 0.125. The summed E-state index contributed by atoms with van der Waals surface area (Å²) in [5.74, 6) is 0. The molecule has 0 aliphatic heterocycles. The molecule has 2 N–H and O–H groups in total. The van der Waals surface area contributed by atoms with E-state index in [-0.39, 0.29) is 6.61 Å². The molecule has 20 heavy (non-hydrogen) atoms. The molecule has 0 bridgehead atoms. The fraction of sp³-hybridized carbons (Fsp3) is 0.462. The maximum Gasteiger partial charge on any atom is 0.411 e. The number of halogens is 3. The molecule has 0 radical (unpaired) electrons. The number of nitrogens with one attached hydrogen (secondary N) is 1. The van der Waals surface area contributed by atoms with E-state index in [9.17, 15) is 18.0 Å². The Bertz CT molecular complexity index is 436. The zero-order valence-electron chi connectivity index (χ0n) is 10.9. The van der Waals surface area contributed by atoms with Crippen molar-refractivity contribution in [2.75, 3.05) is 6.61 Å². The smallest absolute Gasteiger partial charge is 0.411 e. The highest BCUT2D eigenvalue weighted by molar-refractivity contribution is 5.68. The lowest BCUT2D eigenvalue weighted by molar-refractivity contribution is -0.193. The number of hydrogen-bond donors (Lipinski definition) is 2. The first-order chi connectivity index (χ1) is 9.28. The first-order valence-electron chi connectivity index (χ1n) is 5.95. The maximum absolute atomic E-state index is 12.8. The van der Waals surface area contributed by atoms with E-state index in [1.165, 1.54) is 0 Å². The Morgan fingerprint density at radius 1 is 1.30 bits per heavy atom. The molecule has 1 amide bonds. The number of rotatable bonds is 5. The first-order valence-corrected chi connectivity index (χ1v) is 5.95. The summed E-state index contributed by atoms with van der Waals surface area (Å²) in [7, 11) is 0. The molecule has 0 saturated carbocycles. The third-order valence-corrected chi connectivity index (χ3v) is 2.83. The maximum atomic E-state index is 12.8. The van der Waals surface area contributed by atoms with Gasteiger partial charge in [0.1, 0.15) is 12.1 Å². The Balaban J connectivity index is 2.59. The molecule has 0 aliphatic carbocycles. The van der Waals surface area contributed by atoms with Gasteiger partial charge in [0.25, 0.3) is 0 Å². The standard InChI is InChI=1S/C13H16F3NO3/c1-12(7-8-18,13(14,15)16)17-11(19)20-9-10-5-3-2-4-6-10/h2-6,18H,7-9H2,1H3,(H,17,19). The summed E-state index contributed by atoms with van der Waals surface area (Å²) >= 11 is 0. The quantitative estimate of drug-likeness (QED) is 0.876. The van der Waals surface area contributed by atoms with E-state index in [2.05, 4.69) is 0 Å². The van der Waals surface area contributed by atoms with Crippen LogP contribution in [0.1, 0.15) is 18.9 Å². The van der Waals surface area contributed by atoms with Crippen molar-refractivity contribution in [1.82, 2.24) is 5.32 Å². The summed E-state index contributed by atoms with van der Waals surface area (Å²) in [5.41, 5.74) is -1.85. The van der Waals surface area contributed by atoms with Crippen LogP contribution in [0.15, 0.2) is 30.3 Å². The van der Waals surface area contributed by atoms with Crippen LogP contribution in [-0.2, 0) is 11.3 Å². The number of hydrogen-bond acceptors (Lipinski definition) is 3. The van der Waals surface area contributed by atoms with Crippen LogP contribution < -0.4 is 5.32 Å². The van der Waals surface area contributed by atoms with Gasteiger partial charge in [-0.1, -0.05) is 30.3 Å². The Morgan fingerprint density at radius 3 is 2.40 bits per heavy atom. The molecule has 1 unspecified atom stereocenters. The van der Waals surface area contributed by atoms with Crippen LogP contribution >= 0.6 is 0 Å². The summed E-state index contributed by atoms with van der Waals surface area (Å²) in [6, 6.07) is 8.59. The number of aliphatic hydroxyl groups is 1. The average Bonchev–Trinajstić information content (AvgIpc) is 2.36. The number of ether oxygens (including phenoxy) is 1. The van der Waals surface area contributed by atoms with Gasteiger partial charge >= 0.3 is 12.3 Å². The van der Waals surface area contributed by atoms with Gasteiger partial charge in [-0.25, -0.2) is 4.79 Å². The molecule has 0 aromatic heterocycles. The Hall–Kier alpha value is -1.76. The highest BCUT2D eigenvalue weighted by Gasteiger charge is 2.52. The van der Waals surface area contributed by atoms with Crippen molar-refractivity contribution in [3.8, 4) is 0 Å². The van der Waals surface area contributed by atoms with Gasteiger partial charge in [-0.15, -0.1) is 0 Å². The molecule has 0 heterocycles. The number of carbonyl (C=O) groups is 1. The number of amides is 1. The van der Waals surface area contributed by atoms with E-state index in [1.54, 1.807) is 35.6 Å². The molecule has 0 fully saturated rings. The third-order valence-electron chi connectivity index (χ3n) is 2.83. The lowest BCUT2D eigenvalue weighted by Crippen LogP contribution is -2.57. The van der Waals surface area contributed by atoms with Crippen molar-refractivity contribution in [2.24, 2.45) is 0 Å². The summed E-state index contributed by atoms with van der Waals surface area (Å²) in [6.07, 6.45) is -6.50. The van der Waals surface area contributed by atoms with Gasteiger partial charge in [0.05, 0.1) is 0 Å². The van der Waals surface area contributed by atoms with Crippen LogP contribution in [0, 0.1) is 0 Å². The molecule has 0 saturated heterocycles. The van der Waals surface area contributed by atoms with E-state index in [0.29, 0.717) is 5.56 Å². The molecular weight excluding hydrogens is 275 g/mol. The number of aliphatic hydroxyl groups excluding tert-OH is 1. The number of carbonyl (C=O) groups excluding carboxylic acids is 1. The van der Waals surface area contributed by atoms with Gasteiger partial charge in [-0.05, 0) is 12.5 Å². The fourth-order valence-corrected chi connectivity index (χ4v) is 1.48. The van der Waals surface area contributed by atoms with Crippen LogP contribution in [0.25, 0.3) is 0 Å².